The second kappa shape index (κ2) is 16.1. The highest BCUT2D eigenvalue weighted by Crippen LogP contribution is 2.47. The number of benzene rings is 10. The molecule has 4 aromatic heterocycles. The number of pyridine rings is 1. The zero-order valence-corrected chi connectivity index (χ0v) is 37.5. The van der Waals surface area contributed by atoms with Crippen LogP contribution in [0, 0.1) is 0 Å². The van der Waals surface area contributed by atoms with Gasteiger partial charge in [-0.25, -0.2) is 19.9 Å². The predicted molar refractivity (Wildman–Crippen MR) is 285 cm³/mol. The van der Waals surface area contributed by atoms with E-state index in [9.17, 15) is 0 Å². The van der Waals surface area contributed by atoms with Gasteiger partial charge in [0.1, 0.15) is 22.3 Å². The second-order valence-electron chi connectivity index (χ2n) is 17.7. The van der Waals surface area contributed by atoms with Gasteiger partial charge in [-0.05, 0) is 58.7 Å². The first-order valence-corrected chi connectivity index (χ1v) is 23.4. The quantitative estimate of drug-likeness (QED) is 0.148. The molecule has 0 radical (unpaired) electrons. The fraction of sp³-hybridized carbons (Fsp3) is 0. The van der Waals surface area contributed by atoms with Gasteiger partial charge >= 0.3 is 0 Å². The summed E-state index contributed by atoms with van der Waals surface area (Å²) in [5, 5.41) is 7.63. The highest BCUT2D eigenvalue weighted by molar-refractivity contribution is 6.28. The van der Waals surface area contributed by atoms with Crippen LogP contribution in [0.2, 0.25) is 0 Å². The van der Waals surface area contributed by atoms with Gasteiger partial charge in [-0.3, -0.25) is 0 Å². The van der Waals surface area contributed by atoms with Crippen molar-refractivity contribution in [2.75, 3.05) is 0 Å². The van der Waals surface area contributed by atoms with E-state index in [-0.39, 0.29) is 0 Å². The van der Waals surface area contributed by atoms with Gasteiger partial charge in [0, 0.05) is 71.1 Å². The van der Waals surface area contributed by atoms with E-state index in [1.54, 1.807) is 0 Å². The molecule has 4 heterocycles. The van der Waals surface area contributed by atoms with Crippen molar-refractivity contribution in [3.8, 4) is 78.8 Å². The summed E-state index contributed by atoms with van der Waals surface area (Å²) in [5.74, 6) is 1.78. The van der Waals surface area contributed by atoms with E-state index in [4.69, 9.17) is 28.8 Å². The average molecular weight is 895 g/mol. The maximum atomic E-state index is 6.67. The van der Waals surface area contributed by atoms with E-state index in [0.29, 0.717) is 17.5 Å². The number of aromatic nitrogens is 4. The van der Waals surface area contributed by atoms with Crippen molar-refractivity contribution in [3.63, 3.8) is 0 Å². The van der Waals surface area contributed by atoms with Gasteiger partial charge in [0.2, 0.25) is 0 Å². The summed E-state index contributed by atoms with van der Waals surface area (Å²) < 4.78 is 13.1. The molecule has 6 nitrogen and oxygen atoms in total. The molecule has 0 spiro atoms. The normalized spacial score (nSPS) is 11.7. The summed E-state index contributed by atoms with van der Waals surface area (Å²) >= 11 is 0. The molecule has 6 heteroatoms. The fourth-order valence-electron chi connectivity index (χ4n) is 10.2. The number of hydrogen-bond acceptors (Lipinski definition) is 6. The van der Waals surface area contributed by atoms with E-state index in [2.05, 4.69) is 170 Å². The molecular formula is C64H38N4O2. The second-order valence-corrected chi connectivity index (χ2v) is 17.7. The standard InChI is InChI=1S/C64H38N4O2/c1-3-16-40(17-4-1)60-52-38-56-59(51-26-9-12-31-55(51)69-56)57(58(52)50-25-7-10-29-53(50)65-60)45-22-13-20-43(36-45)39-32-34-42(35-33-39)63-66-62(41-18-5-2-6-19-41)67-64(68-63)46-23-14-21-44(37-46)47-27-15-28-49-48-24-8-11-30-54(48)70-61(47)49/h1-38H. The summed E-state index contributed by atoms with van der Waals surface area (Å²) in [6.45, 7) is 0. The molecule has 326 valence electrons. The topological polar surface area (TPSA) is 77.8 Å². The SMILES string of the molecule is c1ccc(-c2nc(-c3ccc(-c4cccc(-c5c6c(cc7c(-c8ccccc8)nc8ccccc8c57)oc5ccccc56)c4)cc3)nc(-c3cccc(-c4cccc5c4oc4ccccc45)c3)n2)cc1. The van der Waals surface area contributed by atoms with Crippen LogP contribution in [0.5, 0.6) is 0 Å². The molecule has 0 aliphatic heterocycles. The van der Waals surface area contributed by atoms with Crippen LogP contribution >= 0.6 is 0 Å². The number of para-hydroxylation sites is 4. The van der Waals surface area contributed by atoms with Gasteiger partial charge in [-0.15, -0.1) is 0 Å². The minimum Gasteiger partial charge on any atom is -0.456 e. The Bertz CT molecular complexity index is 4350. The van der Waals surface area contributed by atoms with Crippen LogP contribution in [0.3, 0.4) is 0 Å². The first-order valence-electron chi connectivity index (χ1n) is 23.4. The van der Waals surface area contributed by atoms with Crippen molar-refractivity contribution >= 4 is 65.6 Å². The lowest BCUT2D eigenvalue weighted by Crippen LogP contribution is -2.00. The molecule has 0 aliphatic rings. The van der Waals surface area contributed by atoms with Crippen molar-refractivity contribution in [1.82, 2.24) is 19.9 Å². The Balaban J connectivity index is 0.891. The summed E-state index contributed by atoms with van der Waals surface area (Å²) in [5.41, 5.74) is 15.4. The van der Waals surface area contributed by atoms with Gasteiger partial charge in [-0.2, -0.15) is 0 Å². The van der Waals surface area contributed by atoms with E-state index < -0.39 is 0 Å². The van der Waals surface area contributed by atoms with Crippen LogP contribution in [0.15, 0.2) is 239 Å². The van der Waals surface area contributed by atoms with E-state index in [0.717, 1.165) is 127 Å². The number of rotatable bonds is 7. The third-order valence-corrected chi connectivity index (χ3v) is 13.5. The van der Waals surface area contributed by atoms with Crippen LogP contribution in [-0.4, -0.2) is 19.9 Å². The molecule has 10 aromatic carbocycles. The van der Waals surface area contributed by atoms with Gasteiger partial charge in [-0.1, -0.05) is 194 Å². The largest absolute Gasteiger partial charge is 0.456 e. The van der Waals surface area contributed by atoms with Crippen molar-refractivity contribution < 1.29 is 8.83 Å². The molecule has 14 rings (SSSR count). The molecule has 0 aliphatic carbocycles. The van der Waals surface area contributed by atoms with Crippen LogP contribution in [0.4, 0.5) is 0 Å². The van der Waals surface area contributed by atoms with Gasteiger partial charge in [0.05, 0.1) is 11.2 Å². The lowest BCUT2D eigenvalue weighted by molar-refractivity contribution is 0.669. The van der Waals surface area contributed by atoms with Crippen molar-refractivity contribution in [2.24, 2.45) is 0 Å². The third kappa shape index (κ3) is 6.57. The molecule has 0 amide bonds. The summed E-state index contributed by atoms with van der Waals surface area (Å²) in [6.07, 6.45) is 0. The van der Waals surface area contributed by atoms with E-state index >= 15 is 0 Å². The molecule has 0 bridgehead atoms. The van der Waals surface area contributed by atoms with Crippen LogP contribution in [-0.2, 0) is 0 Å². The predicted octanol–water partition coefficient (Wildman–Crippen LogP) is 17.0. The number of furan rings is 2. The van der Waals surface area contributed by atoms with Crippen molar-refractivity contribution in [1.29, 1.82) is 0 Å². The Morgan fingerprint density at radius 2 is 0.800 bits per heavy atom. The molecule has 0 N–H and O–H groups in total. The first-order chi connectivity index (χ1) is 34.7. The van der Waals surface area contributed by atoms with E-state index in [1.807, 2.05) is 60.7 Å². The molecule has 14 aromatic rings. The first kappa shape index (κ1) is 39.6. The Morgan fingerprint density at radius 3 is 1.57 bits per heavy atom. The Labute approximate surface area is 401 Å². The third-order valence-electron chi connectivity index (χ3n) is 13.5. The highest BCUT2D eigenvalue weighted by Gasteiger charge is 2.22. The summed E-state index contributed by atoms with van der Waals surface area (Å²) in [6, 6.07) is 79.8. The van der Waals surface area contributed by atoms with Crippen LogP contribution in [0.1, 0.15) is 0 Å². The van der Waals surface area contributed by atoms with Crippen molar-refractivity contribution in [3.05, 3.63) is 231 Å². The van der Waals surface area contributed by atoms with Crippen LogP contribution in [0.25, 0.3) is 144 Å². The maximum absolute atomic E-state index is 6.67. The number of nitrogens with zero attached hydrogens (tertiary/aromatic N) is 4. The zero-order chi connectivity index (χ0) is 46.1. The Kier molecular flexibility index (Phi) is 9.10. The minimum atomic E-state index is 0.589. The lowest BCUT2D eigenvalue weighted by atomic mass is 9.88. The molecular weight excluding hydrogens is 857 g/mol. The summed E-state index contributed by atoms with van der Waals surface area (Å²) in [4.78, 5) is 20.6. The minimum absolute atomic E-state index is 0.589. The molecule has 0 fully saturated rings. The number of fused-ring (bicyclic) bond motifs is 9. The van der Waals surface area contributed by atoms with E-state index in [1.165, 1.54) is 0 Å². The van der Waals surface area contributed by atoms with Crippen LogP contribution < -0.4 is 0 Å². The molecule has 0 unspecified atom stereocenters. The number of hydrogen-bond donors (Lipinski definition) is 0. The molecule has 0 saturated carbocycles. The van der Waals surface area contributed by atoms with Gasteiger partial charge in [0.15, 0.2) is 17.5 Å². The smallest absolute Gasteiger partial charge is 0.164 e. The van der Waals surface area contributed by atoms with Gasteiger partial charge < -0.3 is 8.83 Å². The molecule has 0 saturated heterocycles. The Hall–Kier alpha value is -9.52. The van der Waals surface area contributed by atoms with Crippen molar-refractivity contribution in [2.45, 2.75) is 0 Å². The lowest BCUT2D eigenvalue weighted by Gasteiger charge is -2.16. The zero-order valence-electron chi connectivity index (χ0n) is 37.5. The Morgan fingerprint density at radius 1 is 0.271 bits per heavy atom. The molecule has 70 heavy (non-hydrogen) atoms. The van der Waals surface area contributed by atoms with Gasteiger partial charge in [0.25, 0.3) is 0 Å². The average Bonchev–Trinajstić information content (AvgIpc) is 4.01. The highest BCUT2D eigenvalue weighted by atomic mass is 16.3. The monoisotopic (exact) mass is 894 g/mol. The fourth-order valence-corrected chi connectivity index (χ4v) is 10.2. The maximum Gasteiger partial charge on any atom is 0.164 e. The molecule has 0 atom stereocenters. The summed E-state index contributed by atoms with van der Waals surface area (Å²) in [7, 11) is 0.